The lowest BCUT2D eigenvalue weighted by Gasteiger charge is -2.30. The van der Waals surface area contributed by atoms with Crippen molar-refractivity contribution in [1.29, 1.82) is 5.26 Å². The summed E-state index contributed by atoms with van der Waals surface area (Å²) in [5, 5.41) is 9.86. The molecule has 0 N–H and O–H groups in total. The Bertz CT molecular complexity index is 851. The molecule has 1 aromatic heterocycles. The van der Waals surface area contributed by atoms with E-state index < -0.39 is 0 Å². The average molecular weight is 394 g/mol. The molecule has 0 aliphatic carbocycles. The highest BCUT2D eigenvalue weighted by molar-refractivity contribution is 5.82. The predicted molar refractivity (Wildman–Crippen MR) is 123 cm³/mol. The summed E-state index contributed by atoms with van der Waals surface area (Å²) in [6, 6.07) is 6.63. The predicted octanol–water partition coefficient (Wildman–Crippen LogP) is 7.61. The maximum Gasteiger partial charge on any atom is 0.107 e. The Morgan fingerprint density at radius 2 is 1.62 bits per heavy atom. The fourth-order valence-corrected chi connectivity index (χ4v) is 4.34. The second-order valence-electron chi connectivity index (χ2n) is 9.15. The molecule has 2 unspecified atom stereocenters. The van der Waals surface area contributed by atoms with E-state index in [0.717, 1.165) is 48.8 Å². The van der Waals surface area contributed by atoms with Crippen molar-refractivity contribution < 1.29 is 0 Å². The molecule has 0 saturated heterocycles. The Morgan fingerprint density at radius 1 is 0.897 bits per heavy atom. The number of fused-ring (bicyclic) bond motifs is 1. The van der Waals surface area contributed by atoms with Crippen LogP contribution in [0.15, 0.2) is 18.3 Å². The van der Waals surface area contributed by atoms with E-state index in [4.69, 9.17) is 9.97 Å². The van der Waals surface area contributed by atoms with Crippen LogP contribution in [0.25, 0.3) is 11.0 Å². The van der Waals surface area contributed by atoms with Crippen molar-refractivity contribution in [1.82, 2.24) is 9.97 Å². The fraction of sp³-hybridized carbons (Fsp3) is 0.654. The Labute approximate surface area is 178 Å². The van der Waals surface area contributed by atoms with Crippen LogP contribution in [0.2, 0.25) is 0 Å². The number of unbranched alkanes of at least 4 members (excludes halogenated alkanes) is 3. The minimum absolute atomic E-state index is 0.0144. The van der Waals surface area contributed by atoms with Gasteiger partial charge in [0.25, 0.3) is 0 Å². The van der Waals surface area contributed by atoms with E-state index >= 15 is 0 Å². The molecule has 158 valence electrons. The molecular weight excluding hydrogens is 354 g/mol. The van der Waals surface area contributed by atoms with Crippen molar-refractivity contribution in [2.24, 2.45) is 0 Å². The van der Waals surface area contributed by atoms with Gasteiger partial charge in [0.2, 0.25) is 0 Å². The first-order valence-corrected chi connectivity index (χ1v) is 11.6. The van der Waals surface area contributed by atoms with Crippen molar-refractivity contribution in [2.75, 3.05) is 0 Å². The zero-order chi connectivity index (χ0) is 21.5. The number of aromatic nitrogens is 2. The van der Waals surface area contributed by atoms with E-state index in [1.165, 1.54) is 31.2 Å². The van der Waals surface area contributed by atoms with Gasteiger partial charge in [0.05, 0.1) is 16.8 Å². The van der Waals surface area contributed by atoms with E-state index in [1.807, 2.05) is 6.20 Å². The van der Waals surface area contributed by atoms with Crippen LogP contribution in [0.5, 0.6) is 0 Å². The molecule has 2 atom stereocenters. The third-order valence-corrected chi connectivity index (χ3v) is 7.03. The maximum absolute atomic E-state index is 9.86. The molecule has 3 heteroatoms. The summed E-state index contributed by atoms with van der Waals surface area (Å²) >= 11 is 0. The number of nitrogens with zero attached hydrogens (tertiary/aromatic N) is 3. The number of rotatable bonds is 11. The van der Waals surface area contributed by atoms with Crippen molar-refractivity contribution in [3.8, 4) is 6.07 Å². The van der Waals surface area contributed by atoms with Crippen LogP contribution in [0, 0.1) is 11.3 Å². The maximum atomic E-state index is 9.86. The highest BCUT2D eigenvalue weighted by Gasteiger charge is 2.28. The van der Waals surface area contributed by atoms with Crippen molar-refractivity contribution in [2.45, 2.75) is 110 Å². The minimum atomic E-state index is 0.0144. The van der Waals surface area contributed by atoms with Gasteiger partial charge in [-0.2, -0.15) is 5.26 Å². The standard InChI is InChI=1S/C26H39N3/c1-7-11-12-13-15-26(6,10-4)23-19-28-22-17-21(25(5,9-3)14-8-2)16-20(18-27)24(22)29-23/h16-17,19H,7-15H2,1-6H3. The van der Waals surface area contributed by atoms with E-state index in [-0.39, 0.29) is 10.8 Å². The lowest BCUT2D eigenvalue weighted by atomic mass is 9.76. The van der Waals surface area contributed by atoms with Crippen LogP contribution in [0.3, 0.4) is 0 Å². The molecule has 29 heavy (non-hydrogen) atoms. The van der Waals surface area contributed by atoms with Crippen LogP contribution in [-0.2, 0) is 10.8 Å². The van der Waals surface area contributed by atoms with Gasteiger partial charge in [-0.25, -0.2) is 4.98 Å². The lowest BCUT2D eigenvalue weighted by molar-refractivity contribution is 0.385. The molecule has 2 rings (SSSR count). The summed E-state index contributed by atoms with van der Waals surface area (Å²) in [6.07, 6.45) is 12.4. The second kappa shape index (κ2) is 10.2. The molecule has 2 aromatic rings. The molecule has 1 aromatic carbocycles. The molecule has 0 spiro atoms. The van der Waals surface area contributed by atoms with E-state index in [2.05, 4.69) is 59.7 Å². The van der Waals surface area contributed by atoms with Gasteiger partial charge in [0.1, 0.15) is 11.6 Å². The normalized spacial score (nSPS) is 15.6. The van der Waals surface area contributed by atoms with E-state index in [0.29, 0.717) is 5.56 Å². The number of hydrogen-bond acceptors (Lipinski definition) is 3. The van der Waals surface area contributed by atoms with Crippen molar-refractivity contribution in [3.63, 3.8) is 0 Å². The zero-order valence-electron chi connectivity index (χ0n) is 19.4. The molecular formula is C26H39N3. The van der Waals surface area contributed by atoms with Crippen LogP contribution in [-0.4, -0.2) is 9.97 Å². The Kier molecular flexibility index (Phi) is 8.20. The van der Waals surface area contributed by atoms with Crippen LogP contribution < -0.4 is 0 Å². The molecule has 0 aliphatic rings. The Hall–Kier alpha value is -1.95. The second-order valence-corrected chi connectivity index (χ2v) is 9.15. The van der Waals surface area contributed by atoms with Gasteiger partial charge in [-0.05, 0) is 48.8 Å². The molecule has 0 saturated carbocycles. The van der Waals surface area contributed by atoms with Gasteiger partial charge < -0.3 is 0 Å². The van der Waals surface area contributed by atoms with E-state index in [9.17, 15) is 5.26 Å². The lowest BCUT2D eigenvalue weighted by Crippen LogP contribution is -2.23. The first kappa shape index (κ1) is 23.3. The van der Waals surface area contributed by atoms with Gasteiger partial charge in [0, 0.05) is 11.6 Å². The number of nitriles is 1. The summed E-state index contributed by atoms with van der Waals surface area (Å²) in [6.45, 7) is 13.5. The fourth-order valence-electron chi connectivity index (χ4n) is 4.34. The Balaban J connectivity index is 2.48. The van der Waals surface area contributed by atoms with Gasteiger partial charge in [-0.1, -0.05) is 73.6 Å². The van der Waals surface area contributed by atoms with Gasteiger partial charge in [0.15, 0.2) is 0 Å². The topological polar surface area (TPSA) is 49.6 Å². The quantitative estimate of drug-likeness (QED) is 0.369. The summed E-state index contributed by atoms with van der Waals surface area (Å²) in [7, 11) is 0. The molecule has 0 aliphatic heterocycles. The van der Waals surface area contributed by atoms with Crippen molar-refractivity contribution >= 4 is 11.0 Å². The smallest absolute Gasteiger partial charge is 0.107 e. The summed E-state index contributed by atoms with van der Waals surface area (Å²) < 4.78 is 0. The third-order valence-electron chi connectivity index (χ3n) is 7.03. The summed E-state index contributed by atoms with van der Waals surface area (Å²) in [5.41, 5.74) is 4.60. The van der Waals surface area contributed by atoms with Gasteiger partial charge in [-0.3, -0.25) is 4.98 Å². The van der Waals surface area contributed by atoms with Crippen LogP contribution >= 0.6 is 0 Å². The Morgan fingerprint density at radius 3 is 2.21 bits per heavy atom. The van der Waals surface area contributed by atoms with E-state index in [1.54, 1.807) is 0 Å². The monoisotopic (exact) mass is 393 g/mol. The highest BCUT2D eigenvalue weighted by Crippen LogP contribution is 2.36. The third kappa shape index (κ3) is 5.16. The first-order chi connectivity index (χ1) is 13.9. The largest absolute Gasteiger partial charge is 0.253 e. The van der Waals surface area contributed by atoms with Crippen LogP contribution in [0.4, 0.5) is 0 Å². The molecule has 0 radical (unpaired) electrons. The SMILES string of the molecule is CCCCCCC(C)(CC)c1cnc2cc(C(C)(CC)CCC)cc(C#N)c2n1. The van der Waals surface area contributed by atoms with Crippen LogP contribution in [0.1, 0.15) is 116 Å². The molecule has 0 amide bonds. The summed E-state index contributed by atoms with van der Waals surface area (Å²) in [4.78, 5) is 9.80. The molecule has 0 bridgehead atoms. The van der Waals surface area contributed by atoms with Gasteiger partial charge in [-0.15, -0.1) is 0 Å². The molecule has 3 nitrogen and oxygen atoms in total. The average Bonchev–Trinajstić information content (AvgIpc) is 2.75. The number of hydrogen-bond donors (Lipinski definition) is 0. The zero-order valence-corrected chi connectivity index (χ0v) is 19.4. The molecule has 0 fully saturated rings. The minimum Gasteiger partial charge on any atom is -0.253 e. The number of benzene rings is 1. The first-order valence-electron chi connectivity index (χ1n) is 11.6. The molecule has 1 heterocycles. The van der Waals surface area contributed by atoms with Crippen molar-refractivity contribution in [3.05, 3.63) is 35.2 Å². The highest BCUT2D eigenvalue weighted by atomic mass is 14.8. The summed E-state index contributed by atoms with van der Waals surface area (Å²) in [5.74, 6) is 0. The van der Waals surface area contributed by atoms with Gasteiger partial charge >= 0.3 is 0 Å².